The van der Waals surface area contributed by atoms with Crippen LogP contribution in [0.4, 0.5) is 0 Å². The van der Waals surface area contributed by atoms with Crippen molar-refractivity contribution >= 4 is 5.78 Å². The number of hydrogen-bond acceptors (Lipinski definition) is 4. The van der Waals surface area contributed by atoms with Gasteiger partial charge in [-0.2, -0.15) is 0 Å². The SMILES string of the molecule is CCCCCCCC/C=C/CCCCCCCCOC(C(C)=O)C(O)CO. The number of ketones is 1. The van der Waals surface area contributed by atoms with Crippen LogP contribution in [-0.4, -0.2) is 41.4 Å². The van der Waals surface area contributed by atoms with Gasteiger partial charge in [0.15, 0.2) is 5.78 Å². The largest absolute Gasteiger partial charge is 0.394 e. The highest BCUT2D eigenvalue weighted by molar-refractivity contribution is 5.81. The molecule has 0 spiro atoms. The Balaban J connectivity index is 3.35. The van der Waals surface area contributed by atoms with Gasteiger partial charge >= 0.3 is 0 Å². The molecule has 0 saturated carbocycles. The number of unbranched alkanes of at least 4 members (excludes halogenated alkanes) is 12. The first-order valence-electron chi connectivity index (χ1n) is 11.2. The van der Waals surface area contributed by atoms with Crippen LogP contribution in [0.15, 0.2) is 12.2 Å². The molecule has 0 aromatic heterocycles. The lowest BCUT2D eigenvalue weighted by atomic mass is 10.1. The van der Waals surface area contributed by atoms with Gasteiger partial charge in [-0.15, -0.1) is 0 Å². The molecule has 0 rings (SSSR count). The van der Waals surface area contributed by atoms with Crippen molar-refractivity contribution in [3.05, 3.63) is 12.2 Å². The molecule has 0 fully saturated rings. The topological polar surface area (TPSA) is 66.8 Å². The second-order valence-corrected chi connectivity index (χ2v) is 7.59. The summed E-state index contributed by atoms with van der Waals surface area (Å²) in [4.78, 5) is 11.3. The van der Waals surface area contributed by atoms with Crippen LogP contribution in [0.1, 0.15) is 104 Å². The van der Waals surface area contributed by atoms with Gasteiger partial charge in [0.25, 0.3) is 0 Å². The maximum atomic E-state index is 11.3. The Morgan fingerprint density at radius 3 is 1.81 bits per heavy atom. The summed E-state index contributed by atoms with van der Waals surface area (Å²) < 4.78 is 5.41. The number of rotatable bonds is 20. The quantitative estimate of drug-likeness (QED) is 0.219. The lowest BCUT2D eigenvalue weighted by Crippen LogP contribution is -2.37. The van der Waals surface area contributed by atoms with Crippen molar-refractivity contribution in [2.24, 2.45) is 0 Å². The molecular weight excluding hydrogens is 340 g/mol. The maximum Gasteiger partial charge on any atom is 0.161 e. The van der Waals surface area contributed by atoms with Crippen LogP contribution in [0.25, 0.3) is 0 Å². The van der Waals surface area contributed by atoms with Gasteiger partial charge in [0.05, 0.1) is 6.61 Å². The van der Waals surface area contributed by atoms with E-state index in [9.17, 15) is 9.90 Å². The second-order valence-electron chi connectivity index (χ2n) is 7.59. The van der Waals surface area contributed by atoms with Crippen molar-refractivity contribution < 1.29 is 19.7 Å². The lowest BCUT2D eigenvalue weighted by molar-refractivity contribution is -0.138. The zero-order chi connectivity index (χ0) is 20.2. The van der Waals surface area contributed by atoms with E-state index in [4.69, 9.17) is 9.84 Å². The zero-order valence-corrected chi connectivity index (χ0v) is 17.8. The van der Waals surface area contributed by atoms with Crippen molar-refractivity contribution in [1.29, 1.82) is 0 Å². The third-order valence-electron chi connectivity index (χ3n) is 4.89. The van der Waals surface area contributed by atoms with E-state index in [1.54, 1.807) is 0 Å². The Hall–Kier alpha value is -0.710. The fourth-order valence-electron chi connectivity index (χ4n) is 3.15. The van der Waals surface area contributed by atoms with Crippen molar-refractivity contribution in [2.75, 3.05) is 13.2 Å². The first-order chi connectivity index (χ1) is 13.1. The number of carbonyl (C=O) groups excluding carboxylic acids is 1. The molecule has 2 unspecified atom stereocenters. The Bertz CT molecular complexity index is 354. The van der Waals surface area contributed by atoms with Crippen molar-refractivity contribution in [2.45, 2.75) is 116 Å². The minimum absolute atomic E-state index is 0.235. The van der Waals surface area contributed by atoms with Gasteiger partial charge in [-0.3, -0.25) is 4.79 Å². The van der Waals surface area contributed by atoms with Crippen LogP contribution in [0.5, 0.6) is 0 Å². The highest BCUT2D eigenvalue weighted by atomic mass is 16.5. The molecule has 0 aromatic carbocycles. The smallest absolute Gasteiger partial charge is 0.161 e. The third-order valence-corrected chi connectivity index (χ3v) is 4.89. The number of aliphatic hydroxyl groups is 2. The molecule has 0 aliphatic heterocycles. The van der Waals surface area contributed by atoms with E-state index in [0.717, 1.165) is 12.8 Å². The summed E-state index contributed by atoms with van der Waals surface area (Å²) >= 11 is 0. The summed E-state index contributed by atoms with van der Waals surface area (Å²) in [6.45, 7) is 3.65. The van der Waals surface area contributed by atoms with Crippen LogP contribution in [0, 0.1) is 0 Å². The molecule has 0 bridgehead atoms. The molecule has 0 aromatic rings. The van der Waals surface area contributed by atoms with E-state index in [-0.39, 0.29) is 5.78 Å². The number of hydrogen-bond donors (Lipinski definition) is 2. The van der Waals surface area contributed by atoms with Gasteiger partial charge < -0.3 is 14.9 Å². The highest BCUT2D eigenvalue weighted by Gasteiger charge is 2.23. The predicted molar refractivity (Wildman–Crippen MR) is 113 cm³/mol. The van der Waals surface area contributed by atoms with Crippen LogP contribution in [-0.2, 0) is 9.53 Å². The van der Waals surface area contributed by atoms with Crippen LogP contribution in [0.3, 0.4) is 0 Å². The standard InChI is InChI=1S/C23H44O4/c1-3-4-5-6-7-8-9-10-11-12-13-14-15-16-17-18-19-27-23(21(2)25)22(26)20-24/h10-11,22-24,26H,3-9,12-20H2,1-2H3/b11-10+. The molecule has 0 heterocycles. The summed E-state index contributed by atoms with van der Waals surface area (Å²) in [6, 6.07) is 0. The van der Waals surface area contributed by atoms with Gasteiger partial charge in [-0.1, -0.05) is 76.9 Å². The Labute approximate surface area is 167 Å². The molecule has 4 nitrogen and oxygen atoms in total. The Kier molecular flexibility index (Phi) is 19.5. The van der Waals surface area contributed by atoms with Crippen LogP contribution < -0.4 is 0 Å². The molecule has 27 heavy (non-hydrogen) atoms. The van der Waals surface area contributed by atoms with Crippen molar-refractivity contribution in [3.63, 3.8) is 0 Å². The van der Waals surface area contributed by atoms with E-state index >= 15 is 0 Å². The van der Waals surface area contributed by atoms with Gasteiger partial charge in [0, 0.05) is 6.61 Å². The molecule has 2 N–H and O–H groups in total. The molecule has 0 aliphatic rings. The van der Waals surface area contributed by atoms with E-state index in [0.29, 0.717) is 6.61 Å². The molecule has 0 amide bonds. The average molecular weight is 385 g/mol. The van der Waals surface area contributed by atoms with Crippen LogP contribution >= 0.6 is 0 Å². The third kappa shape index (κ3) is 17.1. The van der Waals surface area contributed by atoms with Gasteiger partial charge in [-0.05, 0) is 39.0 Å². The van der Waals surface area contributed by atoms with E-state index in [2.05, 4.69) is 19.1 Å². The van der Waals surface area contributed by atoms with Gasteiger partial charge in [0.1, 0.15) is 12.2 Å². The molecule has 4 heteroatoms. The highest BCUT2D eigenvalue weighted by Crippen LogP contribution is 2.10. The fourth-order valence-corrected chi connectivity index (χ4v) is 3.15. The molecule has 0 radical (unpaired) electrons. The summed E-state index contributed by atoms with van der Waals surface area (Å²) in [6.07, 6.45) is 20.2. The van der Waals surface area contributed by atoms with Gasteiger partial charge in [0.2, 0.25) is 0 Å². The number of Topliss-reactive ketones (excluding diaryl/α,β-unsaturated/α-hetero) is 1. The lowest BCUT2D eigenvalue weighted by Gasteiger charge is -2.19. The number of allylic oxidation sites excluding steroid dienone is 2. The average Bonchev–Trinajstić information content (AvgIpc) is 2.66. The molecule has 2 atom stereocenters. The monoisotopic (exact) mass is 384 g/mol. The van der Waals surface area contributed by atoms with E-state index in [1.165, 1.54) is 84.0 Å². The summed E-state index contributed by atoms with van der Waals surface area (Å²) in [5, 5.41) is 18.4. The fraction of sp³-hybridized carbons (Fsp3) is 0.870. The Morgan fingerprint density at radius 2 is 1.33 bits per heavy atom. The maximum absolute atomic E-state index is 11.3. The Morgan fingerprint density at radius 1 is 0.852 bits per heavy atom. The second kappa shape index (κ2) is 20.0. The van der Waals surface area contributed by atoms with E-state index in [1.807, 2.05) is 0 Å². The number of ether oxygens (including phenoxy) is 1. The van der Waals surface area contributed by atoms with Crippen molar-refractivity contribution in [1.82, 2.24) is 0 Å². The molecule has 0 aliphatic carbocycles. The predicted octanol–water partition coefficient (Wildman–Crippen LogP) is 5.35. The zero-order valence-electron chi connectivity index (χ0n) is 17.8. The molecule has 160 valence electrons. The first-order valence-corrected chi connectivity index (χ1v) is 11.2. The first kappa shape index (κ1) is 26.3. The summed E-state index contributed by atoms with van der Waals surface area (Å²) in [7, 11) is 0. The number of aliphatic hydroxyl groups excluding tert-OH is 2. The van der Waals surface area contributed by atoms with Gasteiger partial charge in [-0.25, -0.2) is 0 Å². The number of carbonyl (C=O) groups is 1. The summed E-state index contributed by atoms with van der Waals surface area (Å²) in [5.74, 6) is -0.235. The molecule has 0 saturated heterocycles. The molecular formula is C23H44O4. The minimum atomic E-state index is -1.11. The van der Waals surface area contributed by atoms with E-state index < -0.39 is 18.8 Å². The normalized spacial score (nSPS) is 13.9. The minimum Gasteiger partial charge on any atom is -0.394 e. The summed E-state index contributed by atoms with van der Waals surface area (Å²) in [5.41, 5.74) is 0. The van der Waals surface area contributed by atoms with Crippen molar-refractivity contribution in [3.8, 4) is 0 Å². The van der Waals surface area contributed by atoms with Crippen LogP contribution in [0.2, 0.25) is 0 Å².